The predicted octanol–water partition coefficient (Wildman–Crippen LogP) is 8.71. The Morgan fingerprint density at radius 1 is 0.943 bits per heavy atom. The van der Waals surface area contributed by atoms with Gasteiger partial charge in [0.2, 0.25) is 11.8 Å². The van der Waals surface area contributed by atoms with E-state index in [9.17, 15) is 27.3 Å². The quantitative estimate of drug-likeness (QED) is 0.0817. The van der Waals surface area contributed by atoms with E-state index in [1.165, 1.54) is 4.57 Å². The molecule has 19 heteroatoms. The van der Waals surface area contributed by atoms with Crippen molar-refractivity contribution in [3.05, 3.63) is 117 Å². The molecule has 1 unspecified atom stereocenters. The molecule has 6 aromatic rings. The van der Waals surface area contributed by atoms with Gasteiger partial charge in [-0.1, -0.05) is 35.7 Å². The van der Waals surface area contributed by atoms with Gasteiger partial charge < -0.3 is 30.0 Å². The number of nitrogens with one attached hydrogen (secondary N) is 3. The zero-order valence-corrected chi connectivity index (χ0v) is 42.1. The largest absolute Gasteiger partial charge is 0.406 e. The lowest BCUT2D eigenvalue weighted by Gasteiger charge is -2.32. The smallest absolute Gasteiger partial charge is 0.382 e. The van der Waals surface area contributed by atoms with Crippen LogP contribution in [0.1, 0.15) is 70.6 Å². The molecule has 2 atom stereocenters. The molecule has 9 rings (SSSR count). The third-order valence-electron chi connectivity index (χ3n) is 13.3. The van der Waals surface area contributed by atoms with Crippen LogP contribution >= 0.6 is 30.1 Å². The van der Waals surface area contributed by atoms with Crippen molar-refractivity contribution in [2.24, 2.45) is 4.99 Å². The molecule has 3 aromatic heterocycles. The van der Waals surface area contributed by atoms with E-state index < -0.39 is 25.9 Å². The van der Waals surface area contributed by atoms with Crippen LogP contribution in [-0.4, -0.2) is 118 Å². The molecule has 3 aromatic carbocycles. The van der Waals surface area contributed by atoms with E-state index in [1.54, 1.807) is 59.9 Å². The molecular weight excluding hydrogens is 956 g/mol. The number of aryl methyl sites for hydroxylation is 2. The van der Waals surface area contributed by atoms with Gasteiger partial charge in [-0.05, 0) is 119 Å². The summed E-state index contributed by atoms with van der Waals surface area (Å²) >= 11 is 7.94. The molecule has 3 aliphatic heterocycles. The van der Waals surface area contributed by atoms with Crippen molar-refractivity contribution in [3.63, 3.8) is 0 Å². The number of nitrogens with zero attached hydrogens (tertiary/aromatic N) is 7. The van der Waals surface area contributed by atoms with Gasteiger partial charge in [0, 0.05) is 81.4 Å². The van der Waals surface area contributed by atoms with E-state index in [0.717, 1.165) is 67.6 Å². The Labute approximate surface area is 414 Å². The number of thiophene rings is 1. The van der Waals surface area contributed by atoms with Crippen LogP contribution in [0.2, 0.25) is 5.02 Å². The second-order valence-electron chi connectivity index (χ2n) is 18.7. The summed E-state index contributed by atoms with van der Waals surface area (Å²) in [6, 6.07) is 21.1. The number of likely N-dealkylation sites (tertiary alicyclic amines) is 2. The van der Waals surface area contributed by atoms with Crippen molar-refractivity contribution in [1.82, 2.24) is 34.4 Å². The summed E-state index contributed by atoms with van der Waals surface area (Å²) in [5, 5.41) is 21.9. The first-order valence-electron chi connectivity index (χ1n) is 23.4. The molecule has 2 saturated heterocycles. The summed E-state index contributed by atoms with van der Waals surface area (Å²) in [7, 11) is -2.39. The van der Waals surface area contributed by atoms with E-state index in [1.807, 2.05) is 54.0 Å². The molecule has 366 valence electrons. The summed E-state index contributed by atoms with van der Waals surface area (Å²) < 4.78 is 57.3. The summed E-state index contributed by atoms with van der Waals surface area (Å²) in [6.07, 6.45) is -2.26. The van der Waals surface area contributed by atoms with Crippen LogP contribution in [0.3, 0.4) is 0 Å². The van der Waals surface area contributed by atoms with Crippen LogP contribution in [-0.2, 0) is 20.7 Å². The molecule has 2 fully saturated rings. The number of piperidine rings is 1. The van der Waals surface area contributed by atoms with E-state index in [-0.39, 0.29) is 49.1 Å². The lowest BCUT2D eigenvalue weighted by molar-refractivity contribution is -0.140. The predicted molar refractivity (Wildman–Crippen MR) is 273 cm³/mol. The maximum absolute atomic E-state index is 14.0. The van der Waals surface area contributed by atoms with Gasteiger partial charge in [0.25, 0.3) is 0 Å². The van der Waals surface area contributed by atoms with Crippen LogP contribution < -0.4 is 21.3 Å². The number of benzene rings is 3. The van der Waals surface area contributed by atoms with E-state index >= 15 is 0 Å². The Morgan fingerprint density at radius 3 is 2.39 bits per heavy atom. The zero-order valence-electron chi connectivity index (χ0n) is 39.7. The number of aliphatic imine (C=N–C) groups is 1. The number of anilines is 2. The Kier molecular flexibility index (Phi) is 14.1. The Hall–Kier alpha value is -5.92. The molecule has 13 nitrogen and oxygen atoms in total. The third-order valence-corrected chi connectivity index (χ3v) is 16.3. The molecule has 0 bridgehead atoms. The van der Waals surface area contributed by atoms with Gasteiger partial charge in [0.1, 0.15) is 30.6 Å². The highest BCUT2D eigenvalue weighted by molar-refractivity contribution is 7.70. The van der Waals surface area contributed by atoms with Crippen molar-refractivity contribution in [1.29, 1.82) is 0 Å². The number of amides is 2. The van der Waals surface area contributed by atoms with Crippen LogP contribution in [0.15, 0.2) is 77.8 Å². The molecule has 3 N–H and O–H groups in total. The number of fused-ring (bicyclic) bond motifs is 4. The Balaban J connectivity index is 0.790. The van der Waals surface area contributed by atoms with Crippen molar-refractivity contribution >= 4 is 75.2 Å². The van der Waals surface area contributed by atoms with Crippen LogP contribution in [0.25, 0.3) is 15.9 Å². The standard InChI is InChI=1S/C51H55ClF3N10O3PS/c1-31-32(2)70-50-47(31)48(34-11-13-35(52)14-12-34)59-43(49-61-60-33(3)65(49)50)27-46(67)63-25-21-38(28-63)58-45(66)29-62-23-19-37(20-24-62)57-42-9-6-10-44-41(42)26-39(64(44)30-51(53,54)55)8-7-22-56-36-15-17-40(18-16-36)69(4,5)68/h6,9-18,26,37-38,43,56-57H,19-25,27-30H2,1-5H3,(H,58,66)/t38?,43-/m0/s1. The monoisotopic (exact) mass is 1010 g/mol. The molecule has 6 heterocycles. The SMILES string of the molecule is Cc1sc2c(c1C)C(c1ccc(Cl)cc1)=N[C@@H](CC(=O)N1CCC(NC(=O)CN3CCC(Nc4cccc5c4cc(C#CCNc4ccc(P(C)(C)=O)cc4)n5CC(F)(F)F)CC3)C1)c1nnc(C)n1-2. The zero-order chi connectivity index (χ0) is 49.5. The van der Waals surface area contributed by atoms with Crippen LogP contribution in [0.5, 0.6) is 0 Å². The first-order chi connectivity index (χ1) is 33.4. The average molecular weight is 1010 g/mol. The Morgan fingerprint density at radius 2 is 1.67 bits per heavy atom. The summed E-state index contributed by atoms with van der Waals surface area (Å²) in [6.45, 7) is 11.0. The maximum Gasteiger partial charge on any atom is 0.406 e. The number of alkyl halides is 3. The number of hydrogen-bond donors (Lipinski definition) is 3. The number of rotatable bonds is 12. The molecule has 70 heavy (non-hydrogen) atoms. The average Bonchev–Trinajstić information content (AvgIpc) is 4.07. The third kappa shape index (κ3) is 10.9. The van der Waals surface area contributed by atoms with E-state index in [2.05, 4.69) is 56.7 Å². The van der Waals surface area contributed by atoms with Crippen LogP contribution in [0.4, 0.5) is 24.5 Å². The fourth-order valence-corrected chi connectivity index (χ4v) is 11.8. The molecule has 0 radical (unpaired) electrons. The fraction of sp³-hybridized carbons (Fsp3) is 0.392. The minimum Gasteiger partial charge on any atom is -0.382 e. The van der Waals surface area contributed by atoms with Gasteiger partial charge in [-0.15, -0.1) is 21.5 Å². The van der Waals surface area contributed by atoms with E-state index in [0.29, 0.717) is 54.3 Å². The topological polar surface area (TPSA) is 142 Å². The molecule has 0 aliphatic carbocycles. The Bertz CT molecular complexity index is 3090. The first kappa shape index (κ1) is 49.1. The van der Waals surface area contributed by atoms with Gasteiger partial charge in [0.15, 0.2) is 5.82 Å². The van der Waals surface area contributed by atoms with Gasteiger partial charge in [-0.2, -0.15) is 13.2 Å². The van der Waals surface area contributed by atoms with Crippen molar-refractivity contribution in [3.8, 4) is 16.8 Å². The van der Waals surface area contributed by atoms with Gasteiger partial charge in [-0.25, -0.2) is 0 Å². The minimum atomic E-state index is -4.45. The van der Waals surface area contributed by atoms with Crippen molar-refractivity contribution in [2.45, 2.75) is 77.3 Å². The molecule has 0 saturated carbocycles. The molecule has 3 aliphatic rings. The number of hydrogen-bond acceptors (Lipinski definition) is 10. The summed E-state index contributed by atoms with van der Waals surface area (Å²) in [5.41, 5.74) is 5.98. The second kappa shape index (κ2) is 20.1. The van der Waals surface area contributed by atoms with Gasteiger partial charge >= 0.3 is 6.18 Å². The lowest BCUT2D eigenvalue weighted by atomic mass is 9.99. The normalized spacial score (nSPS) is 17.6. The molecule has 0 spiro atoms. The molecular formula is C51H55ClF3N10O3PS. The molecule has 2 amide bonds. The minimum absolute atomic E-state index is 0.0442. The number of aromatic nitrogens is 4. The second-order valence-corrected chi connectivity index (χ2v) is 23.6. The van der Waals surface area contributed by atoms with E-state index in [4.69, 9.17) is 16.6 Å². The van der Waals surface area contributed by atoms with Crippen LogP contribution in [0, 0.1) is 32.6 Å². The highest BCUT2D eigenvalue weighted by Crippen LogP contribution is 2.40. The highest BCUT2D eigenvalue weighted by Gasteiger charge is 2.36. The summed E-state index contributed by atoms with van der Waals surface area (Å²) in [5.74, 6) is 7.09. The summed E-state index contributed by atoms with van der Waals surface area (Å²) in [4.78, 5) is 37.8. The number of carbonyl (C=O) groups excluding carboxylic acids is 2. The van der Waals surface area contributed by atoms with Gasteiger partial charge in [0.05, 0.1) is 36.4 Å². The number of carbonyl (C=O) groups is 2. The first-order valence-corrected chi connectivity index (χ1v) is 27.2. The fourth-order valence-electron chi connectivity index (χ4n) is 9.55. The van der Waals surface area contributed by atoms with Crippen molar-refractivity contribution in [2.75, 3.05) is 63.2 Å². The highest BCUT2D eigenvalue weighted by atomic mass is 35.5. The maximum atomic E-state index is 14.0. The van der Waals surface area contributed by atoms with Gasteiger partial charge in [-0.3, -0.25) is 24.0 Å². The van der Waals surface area contributed by atoms with Crippen molar-refractivity contribution < 1.29 is 27.3 Å². The lowest BCUT2D eigenvalue weighted by Crippen LogP contribution is -2.47. The number of halogens is 4.